The van der Waals surface area contributed by atoms with Gasteiger partial charge in [-0.3, -0.25) is 4.57 Å². The number of carbonyl (C=O) groups excluding carboxylic acids is 1. The van der Waals surface area contributed by atoms with Gasteiger partial charge in [0, 0.05) is 16.6 Å². The molecule has 18 heavy (non-hydrogen) atoms. The van der Waals surface area contributed by atoms with Crippen molar-refractivity contribution in [2.75, 3.05) is 0 Å². The highest BCUT2D eigenvalue weighted by Gasteiger charge is 2.19. The van der Waals surface area contributed by atoms with E-state index in [4.69, 9.17) is 27.9 Å². The molecule has 0 bridgehead atoms. The van der Waals surface area contributed by atoms with Crippen molar-refractivity contribution in [2.45, 2.75) is 26.4 Å². The van der Waals surface area contributed by atoms with Crippen LogP contribution in [0, 0.1) is 0 Å². The second-order valence-electron chi connectivity index (χ2n) is 4.99. The SMILES string of the molecule is CC(C)(C)OC(=O)n1ccc2c(Cl)cc(Cl)cc21. The molecule has 0 fully saturated rings. The average Bonchev–Trinajstić information content (AvgIpc) is 2.58. The Morgan fingerprint density at radius 1 is 1.28 bits per heavy atom. The molecule has 0 aliphatic rings. The van der Waals surface area contributed by atoms with Gasteiger partial charge in [-0.05, 0) is 39.0 Å². The van der Waals surface area contributed by atoms with E-state index in [1.807, 2.05) is 20.8 Å². The Labute approximate surface area is 115 Å². The van der Waals surface area contributed by atoms with Gasteiger partial charge in [-0.1, -0.05) is 23.2 Å². The lowest BCUT2D eigenvalue weighted by molar-refractivity contribution is 0.0544. The number of hydrogen-bond acceptors (Lipinski definition) is 2. The molecule has 0 saturated heterocycles. The first kappa shape index (κ1) is 13.2. The molecule has 3 nitrogen and oxygen atoms in total. The van der Waals surface area contributed by atoms with Gasteiger partial charge in [0.2, 0.25) is 0 Å². The zero-order chi connectivity index (χ0) is 13.5. The van der Waals surface area contributed by atoms with Crippen LogP contribution in [0.3, 0.4) is 0 Å². The maximum Gasteiger partial charge on any atom is 0.418 e. The second-order valence-corrected chi connectivity index (χ2v) is 5.83. The summed E-state index contributed by atoms with van der Waals surface area (Å²) < 4.78 is 6.71. The third-order valence-corrected chi connectivity index (χ3v) is 2.84. The summed E-state index contributed by atoms with van der Waals surface area (Å²) >= 11 is 12.0. The van der Waals surface area contributed by atoms with Crippen molar-refractivity contribution >= 4 is 40.2 Å². The molecular weight excluding hydrogens is 273 g/mol. The van der Waals surface area contributed by atoms with Crippen molar-refractivity contribution in [3.05, 3.63) is 34.4 Å². The van der Waals surface area contributed by atoms with Crippen molar-refractivity contribution in [2.24, 2.45) is 0 Å². The summed E-state index contributed by atoms with van der Waals surface area (Å²) in [6.07, 6.45) is 1.18. The fourth-order valence-corrected chi connectivity index (χ4v) is 2.18. The minimum atomic E-state index is -0.546. The third-order valence-electron chi connectivity index (χ3n) is 2.31. The fourth-order valence-electron chi connectivity index (χ4n) is 1.64. The van der Waals surface area contributed by atoms with Crippen LogP contribution in [0.4, 0.5) is 4.79 Å². The molecule has 0 aliphatic heterocycles. The van der Waals surface area contributed by atoms with Crippen LogP contribution in [0.1, 0.15) is 20.8 Å². The monoisotopic (exact) mass is 285 g/mol. The largest absolute Gasteiger partial charge is 0.443 e. The zero-order valence-electron chi connectivity index (χ0n) is 10.3. The lowest BCUT2D eigenvalue weighted by Crippen LogP contribution is -2.26. The lowest BCUT2D eigenvalue weighted by Gasteiger charge is -2.19. The van der Waals surface area contributed by atoms with Crippen molar-refractivity contribution in [3.63, 3.8) is 0 Å². The molecule has 5 heteroatoms. The van der Waals surface area contributed by atoms with Crippen molar-refractivity contribution in [1.29, 1.82) is 0 Å². The Hall–Kier alpha value is -1.19. The summed E-state index contributed by atoms with van der Waals surface area (Å²) in [6, 6.07) is 5.09. The highest BCUT2D eigenvalue weighted by atomic mass is 35.5. The van der Waals surface area contributed by atoms with Crippen molar-refractivity contribution in [1.82, 2.24) is 4.57 Å². The summed E-state index contributed by atoms with van der Waals surface area (Å²) in [5.74, 6) is 0. The van der Waals surface area contributed by atoms with Crippen LogP contribution < -0.4 is 0 Å². The van der Waals surface area contributed by atoms with Crippen LogP contribution in [0.2, 0.25) is 10.0 Å². The molecule has 1 heterocycles. The van der Waals surface area contributed by atoms with Gasteiger partial charge >= 0.3 is 6.09 Å². The Balaban J connectivity index is 2.49. The van der Waals surface area contributed by atoms with Gasteiger partial charge in [0.1, 0.15) is 5.60 Å². The van der Waals surface area contributed by atoms with Crippen molar-refractivity contribution < 1.29 is 9.53 Å². The van der Waals surface area contributed by atoms with Crippen LogP contribution in [-0.4, -0.2) is 16.3 Å². The van der Waals surface area contributed by atoms with E-state index in [0.29, 0.717) is 15.6 Å². The molecule has 2 aromatic rings. The van der Waals surface area contributed by atoms with Gasteiger partial charge in [0.15, 0.2) is 0 Å². The maximum absolute atomic E-state index is 12.0. The molecule has 96 valence electrons. The summed E-state index contributed by atoms with van der Waals surface area (Å²) in [5.41, 5.74) is 0.0949. The highest BCUT2D eigenvalue weighted by molar-refractivity contribution is 6.38. The maximum atomic E-state index is 12.0. The minimum absolute atomic E-state index is 0.448. The van der Waals surface area contributed by atoms with E-state index in [2.05, 4.69) is 0 Å². The van der Waals surface area contributed by atoms with Crippen LogP contribution in [0.25, 0.3) is 10.9 Å². The lowest BCUT2D eigenvalue weighted by atomic mass is 10.2. The second kappa shape index (κ2) is 4.48. The van der Waals surface area contributed by atoms with E-state index in [1.165, 1.54) is 4.57 Å². The first-order valence-electron chi connectivity index (χ1n) is 5.47. The average molecular weight is 286 g/mol. The summed E-state index contributed by atoms with van der Waals surface area (Å²) in [4.78, 5) is 12.0. The Bertz CT molecular complexity index is 611. The molecule has 0 radical (unpaired) electrons. The standard InChI is InChI=1S/C13H13Cl2NO2/c1-13(2,3)18-12(17)16-5-4-9-10(15)6-8(14)7-11(9)16/h4-7H,1-3H3. The molecule has 0 atom stereocenters. The Kier molecular flexibility index (Phi) is 3.30. The number of halogens is 2. The number of fused-ring (bicyclic) bond motifs is 1. The minimum Gasteiger partial charge on any atom is -0.443 e. The predicted octanol–water partition coefficient (Wildman–Crippen LogP) is 4.73. The number of ether oxygens (including phenoxy) is 1. The molecule has 0 N–H and O–H groups in total. The highest BCUT2D eigenvalue weighted by Crippen LogP contribution is 2.29. The normalized spacial score (nSPS) is 11.8. The Morgan fingerprint density at radius 2 is 1.94 bits per heavy atom. The molecule has 0 saturated carbocycles. The van der Waals surface area contributed by atoms with Gasteiger partial charge < -0.3 is 4.74 Å². The van der Waals surface area contributed by atoms with Crippen LogP contribution in [-0.2, 0) is 4.74 Å². The van der Waals surface area contributed by atoms with Gasteiger partial charge in [-0.25, -0.2) is 4.79 Å². The molecule has 1 aromatic carbocycles. The molecule has 0 amide bonds. The van der Waals surface area contributed by atoms with Crippen LogP contribution in [0.15, 0.2) is 24.4 Å². The van der Waals surface area contributed by atoms with Gasteiger partial charge in [0.05, 0.1) is 10.5 Å². The summed E-state index contributed by atoms with van der Waals surface area (Å²) in [7, 11) is 0. The molecule has 0 unspecified atom stereocenters. The van der Waals surface area contributed by atoms with E-state index in [-0.39, 0.29) is 0 Å². The molecular formula is C13H13Cl2NO2. The smallest absolute Gasteiger partial charge is 0.418 e. The quantitative estimate of drug-likeness (QED) is 0.701. The Morgan fingerprint density at radius 3 is 2.56 bits per heavy atom. The molecule has 0 spiro atoms. The van der Waals surface area contributed by atoms with Gasteiger partial charge in [0.25, 0.3) is 0 Å². The fraction of sp³-hybridized carbons (Fsp3) is 0.308. The van der Waals surface area contributed by atoms with E-state index < -0.39 is 11.7 Å². The number of carbonyl (C=O) groups is 1. The first-order valence-corrected chi connectivity index (χ1v) is 6.23. The summed E-state index contributed by atoms with van der Waals surface area (Å²) in [5, 5.41) is 1.77. The van der Waals surface area contributed by atoms with Gasteiger partial charge in [-0.2, -0.15) is 0 Å². The number of aromatic nitrogens is 1. The summed E-state index contributed by atoms with van der Waals surface area (Å²) in [6.45, 7) is 5.45. The topological polar surface area (TPSA) is 31.2 Å². The molecule has 1 aromatic heterocycles. The number of hydrogen-bond donors (Lipinski definition) is 0. The van der Waals surface area contributed by atoms with Gasteiger partial charge in [-0.15, -0.1) is 0 Å². The van der Waals surface area contributed by atoms with Crippen LogP contribution >= 0.6 is 23.2 Å². The predicted molar refractivity (Wildman–Crippen MR) is 73.6 cm³/mol. The third kappa shape index (κ3) is 2.62. The first-order chi connectivity index (χ1) is 8.28. The number of rotatable bonds is 0. The number of nitrogens with zero attached hydrogens (tertiary/aromatic N) is 1. The molecule has 0 aliphatic carbocycles. The van der Waals surface area contributed by atoms with Crippen LogP contribution in [0.5, 0.6) is 0 Å². The van der Waals surface area contributed by atoms with E-state index in [0.717, 1.165) is 5.39 Å². The van der Waals surface area contributed by atoms with Crippen molar-refractivity contribution in [3.8, 4) is 0 Å². The number of benzene rings is 1. The van der Waals surface area contributed by atoms with E-state index in [1.54, 1.807) is 24.4 Å². The zero-order valence-corrected chi connectivity index (χ0v) is 11.8. The van der Waals surface area contributed by atoms with E-state index >= 15 is 0 Å². The molecule has 2 rings (SSSR count). The van der Waals surface area contributed by atoms with E-state index in [9.17, 15) is 4.79 Å².